The number of thioether (sulfide) groups is 1. The molecule has 176 valence electrons. The highest BCUT2D eigenvalue weighted by molar-refractivity contribution is 8.00. The summed E-state index contributed by atoms with van der Waals surface area (Å²) < 4.78 is 21.3. The summed E-state index contributed by atoms with van der Waals surface area (Å²) in [7, 11) is 4.53. The van der Waals surface area contributed by atoms with E-state index in [-0.39, 0.29) is 31.4 Å². The van der Waals surface area contributed by atoms with Crippen molar-refractivity contribution in [2.24, 2.45) is 0 Å². The molecule has 0 bridgehead atoms. The average Bonchev–Trinajstić information content (AvgIpc) is 3.20. The van der Waals surface area contributed by atoms with E-state index in [0.717, 1.165) is 11.1 Å². The lowest BCUT2D eigenvalue weighted by Crippen LogP contribution is -2.41. The summed E-state index contributed by atoms with van der Waals surface area (Å²) in [6.45, 7) is -0.352. The van der Waals surface area contributed by atoms with Crippen LogP contribution in [0.1, 0.15) is 16.5 Å². The van der Waals surface area contributed by atoms with Crippen LogP contribution in [0.3, 0.4) is 0 Å². The van der Waals surface area contributed by atoms with Crippen molar-refractivity contribution in [1.29, 1.82) is 0 Å². The fraction of sp³-hybridized carbons (Fsp3) is 0.348. The van der Waals surface area contributed by atoms with Crippen molar-refractivity contribution in [3.8, 4) is 17.2 Å². The number of carbonyl (C=O) groups is 3. The van der Waals surface area contributed by atoms with E-state index in [4.69, 9.17) is 18.9 Å². The second-order valence-electron chi connectivity index (χ2n) is 7.07. The summed E-state index contributed by atoms with van der Waals surface area (Å²) in [5, 5.41) is 2.10. The zero-order valence-electron chi connectivity index (χ0n) is 18.7. The number of rotatable bonds is 10. The van der Waals surface area contributed by atoms with E-state index in [9.17, 15) is 14.4 Å². The molecule has 2 aromatic rings. The Morgan fingerprint density at radius 1 is 1.06 bits per heavy atom. The van der Waals surface area contributed by atoms with Gasteiger partial charge in [-0.25, -0.2) is 0 Å². The lowest BCUT2D eigenvalue weighted by atomic mass is 10.1. The Kier molecular flexibility index (Phi) is 8.42. The Bertz CT molecular complexity index is 975. The van der Waals surface area contributed by atoms with Gasteiger partial charge in [-0.05, 0) is 23.3 Å². The highest BCUT2D eigenvalue weighted by Gasteiger charge is 2.35. The van der Waals surface area contributed by atoms with E-state index in [1.807, 2.05) is 30.3 Å². The smallest absolute Gasteiger partial charge is 0.325 e. The van der Waals surface area contributed by atoms with Crippen molar-refractivity contribution in [1.82, 2.24) is 10.2 Å². The summed E-state index contributed by atoms with van der Waals surface area (Å²) in [5.41, 5.74) is 1.58. The first kappa shape index (κ1) is 24.2. The molecule has 1 aliphatic rings. The third-order valence-corrected chi connectivity index (χ3v) is 6.18. The first-order chi connectivity index (χ1) is 16.0. The molecule has 9 nitrogen and oxygen atoms in total. The molecule has 1 heterocycles. The predicted molar refractivity (Wildman–Crippen MR) is 122 cm³/mol. The normalized spacial score (nSPS) is 15.2. The molecule has 0 saturated carbocycles. The molecule has 1 N–H and O–H groups in total. The van der Waals surface area contributed by atoms with Crippen LogP contribution in [0.15, 0.2) is 42.5 Å². The van der Waals surface area contributed by atoms with Crippen LogP contribution in [0.5, 0.6) is 17.2 Å². The number of nitrogens with zero attached hydrogens (tertiary/aromatic N) is 1. The molecular weight excluding hydrogens is 448 g/mol. The van der Waals surface area contributed by atoms with Crippen LogP contribution in [0.4, 0.5) is 0 Å². The van der Waals surface area contributed by atoms with Gasteiger partial charge in [0.05, 0.1) is 27.1 Å². The van der Waals surface area contributed by atoms with Gasteiger partial charge in [0.1, 0.15) is 25.1 Å². The zero-order valence-corrected chi connectivity index (χ0v) is 19.5. The first-order valence-corrected chi connectivity index (χ1v) is 11.2. The number of ether oxygens (including phenoxy) is 4. The van der Waals surface area contributed by atoms with E-state index in [1.165, 1.54) is 38.0 Å². The van der Waals surface area contributed by atoms with Gasteiger partial charge in [0.2, 0.25) is 17.6 Å². The molecule has 1 aliphatic heterocycles. The molecule has 1 unspecified atom stereocenters. The van der Waals surface area contributed by atoms with Gasteiger partial charge in [-0.2, -0.15) is 0 Å². The van der Waals surface area contributed by atoms with E-state index in [1.54, 1.807) is 12.1 Å². The molecule has 33 heavy (non-hydrogen) atoms. The van der Waals surface area contributed by atoms with Crippen LogP contribution < -0.4 is 19.5 Å². The highest BCUT2D eigenvalue weighted by Crippen LogP contribution is 2.45. The highest BCUT2D eigenvalue weighted by atomic mass is 32.2. The van der Waals surface area contributed by atoms with Crippen molar-refractivity contribution in [2.45, 2.75) is 12.0 Å². The van der Waals surface area contributed by atoms with Gasteiger partial charge in [-0.1, -0.05) is 30.3 Å². The van der Waals surface area contributed by atoms with Gasteiger partial charge >= 0.3 is 5.97 Å². The summed E-state index contributed by atoms with van der Waals surface area (Å²) in [5.74, 6) is 0.385. The summed E-state index contributed by atoms with van der Waals surface area (Å²) in [6.07, 6.45) is 0. The van der Waals surface area contributed by atoms with E-state index >= 15 is 0 Å². The number of amides is 2. The van der Waals surface area contributed by atoms with Crippen molar-refractivity contribution >= 4 is 29.5 Å². The maximum Gasteiger partial charge on any atom is 0.325 e. The Morgan fingerprint density at radius 3 is 2.33 bits per heavy atom. The predicted octanol–water partition coefficient (Wildman–Crippen LogP) is 2.15. The number of esters is 1. The molecule has 1 atom stereocenters. The van der Waals surface area contributed by atoms with Crippen LogP contribution >= 0.6 is 11.8 Å². The lowest BCUT2D eigenvalue weighted by molar-refractivity contribution is -0.145. The number of methoxy groups -OCH3 is 3. The monoisotopic (exact) mass is 474 g/mol. The molecule has 1 saturated heterocycles. The third kappa shape index (κ3) is 6.10. The van der Waals surface area contributed by atoms with E-state index in [2.05, 4.69) is 5.32 Å². The van der Waals surface area contributed by atoms with Crippen molar-refractivity contribution < 1.29 is 33.3 Å². The molecule has 2 aromatic carbocycles. The summed E-state index contributed by atoms with van der Waals surface area (Å²) in [6, 6.07) is 12.8. The van der Waals surface area contributed by atoms with Gasteiger partial charge in [0, 0.05) is 0 Å². The largest absolute Gasteiger partial charge is 0.493 e. The van der Waals surface area contributed by atoms with Gasteiger partial charge < -0.3 is 29.2 Å². The second kappa shape index (κ2) is 11.5. The van der Waals surface area contributed by atoms with Gasteiger partial charge in [0.25, 0.3) is 0 Å². The molecule has 10 heteroatoms. The topological polar surface area (TPSA) is 103 Å². The molecule has 0 radical (unpaired) electrons. The minimum atomic E-state index is -0.560. The Hall–Kier alpha value is -3.40. The minimum absolute atomic E-state index is 0.125. The van der Waals surface area contributed by atoms with Gasteiger partial charge in [0.15, 0.2) is 11.5 Å². The number of hydrogen-bond donors (Lipinski definition) is 1. The fourth-order valence-corrected chi connectivity index (χ4v) is 4.48. The molecular formula is C23H26N2O7S. The van der Waals surface area contributed by atoms with Crippen LogP contribution in [-0.2, 0) is 25.7 Å². The van der Waals surface area contributed by atoms with Crippen molar-refractivity contribution in [3.63, 3.8) is 0 Å². The lowest BCUT2D eigenvalue weighted by Gasteiger charge is -2.25. The number of carbonyl (C=O) groups excluding carboxylic acids is 3. The minimum Gasteiger partial charge on any atom is -0.493 e. The number of hydrogen-bond acceptors (Lipinski definition) is 8. The van der Waals surface area contributed by atoms with Gasteiger partial charge in [-0.3, -0.25) is 14.4 Å². The van der Waals surface area contributed by atoms with Crippen LogP contribution in [0.2, 0.25) is 0 Å². The Labute approximate surface area is 196 Å². The standard InChI is InChI=1S/C23H26N2O7S/c1-29-17-9-16(10-18(30-2)22(17)31-3)23-25(20(27)14-33-23)12-19(26)24-11-21(28)32-13-15-7-5-4-6-8-15/h4-10,23H,11-14H2,1-3H3,(H,24,26). The van der Waals surface area contributed by atoms with E-state index in [0.29, 0.717) is 17.2 Å². The fourth-order valence-electron chi connectivity index (χ4n) is 3.32. The second-order valence-corrected chi connectivity index (χ2v) is 8.14. The molecule has 0 aliphatic carbocycles. The van der Waals surface area contributed by atoms with Crippen molar-refractivity contribution in [2.75, 3.05) is 40.2 Å². The van der Waals surface area contributed by atoms with Crippen LogP contribution in [0, 0.1) is 0 Å². The van der Waals surface area contributed by atoms with Crippen LogP contribution in [-0.4, -0.2) is 62.9 Å². The number of nitrogens with one attached hydrogen (secondary N) is 1. The quantitative estimate of drug-likeness (QED) is 0.523. The van der Waals surface area contributed by atoms with E-state index < -0.39 is 17.3 Å². The molecule has 0 spiro atoms. The SMILES string of the molecule is COc1cc(C2SCC(=O)N2CC(=O)NCC(=O)OCc2ccccc2)cc(OC)c1OC. The Balaban J connectivity index is 1.61. The third-order valence-electron chi connectivity index (χ3n) is 4.93. The zero-order chi connectivity index (χ0) is 23.8. The Morgan fingerprint density at radius 2 is 1.73 bits per heavy atom. The van der Waals surface area contributed by atoms with Gasteiger partial charge in [-0.15, -0.1) is 11.8 Å². The molecule has 1 fully saturated rings. The summed E-state index contributed by atoms with van der Waals surface area (Å²) in [4.78, 5) is 38.3. The molecule has 0 aromatic heterocycles. The maximum absolute atomic E-state index is 12.5. The van der Waals surface area contributed by atoms with Crippen LogP contribution in [0.25, 0.3) is 0 Å². The summed E-state index contributed by atoms with van der Waals surface area (Å²) >= 11 is 1.39. The molecule has 2 amide bonds. The molecule has 3 rings (SSSR count). The van der Waals surface area contributed by atoms with Crippen molar-refractivity contribution in [3.05, 3.63) is 53.6 Å². The maximum atomic E-state index is 12.5. The average molecular weight is 475 g/mol. The number of benzene rings is 2. The first-order valence-electron chi connectivity index (χ1n) is 10.1.